The number of hydrogen-bond donors (Lipinski definition) is 3. The molecule has 1 aliphatic rings. The van der Waals surface area contributed by atoms with E-state index in [9.17, 15) is 37.1 Å². The number of H-pyrrole nitrogens is 1. The highest BCUT2D eigenvalue weighted by atomic mass is 19.4. The molecule has 3 heterocycles. The fraction of sp³-hybridized carbons (Fsp3) is 0.429. The molecule has 1 amide bonds. The third-order valence-corrected chi connectivity index (χ3v) is 8.81. The smallest absolute Gasteiger partial charge is 0.416 e. The largest absolute Gasteiger partial charge is 0.481 e. The Bertz CT molecular complexity index is 1860. The van der Waals surface area contributed by atoms with Crippen LogP contribution >= 0.6 is 0 Å². The fourth-order valence-corrected chi connectivity index (χ4v) is 6.50. The van der Waals surface area contributed by atoms with E-state index in [1.165, 1.54) is 6.33 Å². The monoisotopic (exact) mass is 669 g/mol. The number of aromatic amines is 1. The molecule has 0 spiro atoms. The lowest BCUT2D eigenvalue weighted by Gasteiger charge is -2.34. The second-order valence-electron chi connectivity index (χ2n) is 13.0. The van der Waals surface area contributed by atoms with Crippen molar-refractivity contribution in [3.05, 3.63) is 87.1 Å². The molecule has 2 atom stereocenters. The molecule has 0 unspecified atom stereocenters. The fourth-order valence-electron chi connectivity index (χ4n) is 6.50. The van der Waals surface area contributed by atoms with Crippen LogP contribution in [0.2, 0.25) is 0 Å². The second-order valence-corrected chi connectivity index (χ2v) is 13.0. The first-order chi connectivity index (χ1) is 22.6. The zero-order valence-electron chi connectivity index (χ0n) is 27.2. The third kappa shape index (κ3) is 7.61. The Morgan fingerprint density at radius 2 is 1.81 bits per heavy atom. The second kappa shape index (κ2) is 13.9. The van der Waals surface area contributed by atoms with Crippen molar-refractivity contribution in [3.63, 3.8) is 0 Å². The van der Waals surface area contributed by atoms with Crippen molar-refractivity contribution in [1.82, 2.24) is 24.8 Å². The first-order valence-electron chi connectivity index (χ1n) is 15.9. The van der Waals surface area contributed by atoms with Crippen molar-refractivity contribution < 1.29 is 32.3 Å². The highest BCUT2D eigenvalue weighted by Crippen LogP contribution is 2.35. The van der Waals surface area contributed by atoms with Gasteiger partial charge < -0.3 is 20.0 Å². The van der Waals surface area contributed by atoms with Crippen LogP contribution in [0.1, 0.15) is 66.6 Å². The summed E-state index contributed by atoms with van der Waals surface area (Å²) in [7, 11) is 0. The lowest BCUT2D eigenvalue weighted by Crippen LogP contribution is -2.49. The van der Waals surface area contributed by atoms with E-state index in [-0.39, 0.29) is 44.0 Å². The Morgan fingerprint density at radius 3 is 2.42 bits per heavy atom. The van der Waals surface area contributed by atoms with Gasteiger partial charge in [0, 0.05) is 37.5 Å². The van der Waals surface area contributed by atoms with Crippen LogP contribution in [0, 0.1) is 19.8 Å². The Labute approximate surface area is 275 Å². The van der Waals surface area contributed by atoms with Crippen LogP contribution in [0.4, 0.5) is 17.6 Å². The first kappa shape index (κ1) is 34.8. The summed E-state index contributed by atoms with van der Waals surface area (Å²) in [6.45, 7) is 7.94. The minimum Gasteiger partial charge on any atom is -0.481 e. The van der Waals surface area contributed by atoms with Gasteiger partial charge in [-0.25, -0.2) is 9.37 Å². The van der Waals surface area contributed by atoms with Gasteiger partial charge in [-0.15, -0.1) is 0 Å². The van der Waals surface area contributed by atoms with Crippen LogP contribution in [0.3, 0.4) is 0 Å². The number of carbonyl (C=O) groups is 2. The Morgan fingerprint density at radius 1 is 1.12 bits per heavy atom. The van der Waals surface area contributed by atoms with Gasteiger partial charge in [0.15, 0.2) is 0 Å². The van der Waals surface area contributed by atoms with Gasteiger partial charge in [0.25, 0.3) is 5.56 Å². The van der Waals surface area contributed by atoms with Crippen molar-refractivity contribution in [1.29, 1.82) is 0 Å². The highest BCUT2D eigenvalue weighted by molar-refractivity contribution is 5.88. The number of amides is 1. The van der Waals surface area contributed by atoms with Crippen molar-refractivity contribution >= 4 is 22.9 Å². The Kier molecular flexibility index (Phi) is 10.1. The lowest BCUT2D eigenvalue weighted by atomic mass is 9.91. The Hall–Kier alpha value is -4.52. The van der Waals surface area contributed by atoms with Crippen LogP contribution in [0.5, 0.6) is 0 Å². The minimum absolute atomic E-state index is 0.0895. The van der Waals surface area contributed by atoms with Gasteiger partial charge in [0.2, 0.25) is 5.91 Å². The predicted octanol–water partition coefficient (Wildman–Crippen LogP) is 6.14. The van der Waals surface area contributed by atoms with E-state index in [4.69, 9.17) is 0 Å². The van der Waals surface area contributed by atoms with E-state index in [1.54, 1.807) is 11.0 Å². The number of carboxylic acids is 1. The van der Waals surface area contributed by atoms with Gasteiger partial charge in [-0.3, -0.25) is 19.3 Å². The number of pyridine rings is 1. The molecular weight excluding hydrogens is 630 g/mol. The molecule has 0 saturated carbocycles. The molecule has 9 nitrogen and oxygen atoms in total. The molecular formula is C35H39F4N5O4. The van der Waals surface area contributed by atoms with Crippen molar-refractivity contribution in [2.75, 3.05) is 19.6 Å². The number of likely N-dealkylation sites (tertiary alicyclic amines) is 1. The number of nitrogens with zero attached hydrogens (tertiary/aromatic N) is 3. The Balaban J connectivity index is 1.55. The summed E-state index contributed by atoms with van der Waals surface area (Å²) in [6, 6.07) is 7.72. The number of carboxylic acid groups (broad SMARTS) is 1. The normalized spacial score (nSPS) is 15.4. The number of imidazole rings is 1. The zero-order chi connectivity index (χ0) is 34.9. The number of rotatable bonds is 12. The van der Waals surface area contributed by atoms with Crippen LogP contribution in [0.25, 0.3) is 22.2 Å². The number of alkyl halides is 4. The number of benzene rings is 2. The van der Waals surface area contributed by atoms with Gasteiger partial charge in [0.1, 0.15) is 12.2 Å². The molecule has 2 aromatic carbocycles. The van der Waals surface area contributed by atoms with E-state index < -0.39 is 53.9 Å². The van der Waals surface area contributed by atoms with Gasteiger partial charge in [-0.2, -0.15) is 13.2 Å². The van der Waals surface area contributed by atoms with Gasteiger partial charge in [-0.05, 0) is 72.6 Å². The molecule has 256 valence electrons. The van der Waals surface area contributed by atoms with Gasteiger partial charge in [0.05, 0.1) is 35.4 Å². The molecule has 0 bridgehead atoms. The molecule has 2 aromatic heterocycles. The van der Waals surface area contributed by atoms with E-state index in [0.717, 1.165) is 33.0 Å². The molecule has 4 aromatic rings. The van der Waals surface area contributed by atoms with Crippen molar-refractivity contribution in [2.24, 2.45) is 5.92 Å². The summed E-state index contributed by atoms with van der Waals surface area (Å²) in [4.78, 5) is 48.7. The number of aryl methyl sites for hydroxylation is 2. The summed E-state index contributed by atoms with van der Waals surface area (Å²) >= 11 is 0. The number of aromatic nitrogens is 3. The SMILES string of the molecule is Cc1cccc(C)c1-c1cc([C@H](CC(=O)O)NC(=O)[C@H](CC(C)C)n2cc(CCN3CC(F)C3)c(C(F)(F)F)cc2=O)c2nc[nH]c2c1. The average molecular weight is 670 g/mol. The molecule has 5 rings (SSSR count). The van der Waals surface area contributed by atoms with E-state index in [2.05, 4.69) is 15.3 Å². The number of halogens is 4. The van der Waals surface area contributed by atoms with Crippen LogP contribution in [-0.4, -0.2) is 62.2 Å². The quantitative estimate of drug-likeness (QED) is 0.156. The van der Waals surface area contributed by atoms with E-state index in [0.29, 0.717) is 22.7 Å². The molecule has 1 aliphatic heterocycles. The van der Waals surface area contributed by atoms with Crippen LogP contribution in [0.15, 0.2) is 53.7 Å². The number of carbonyl (C=O) groups excluding carboxylic acids is 1. The maximum absolute atomic E-state index is 14.1. The molecule has 13 heteroatoms. The third-order valence-electron chi connectivity index (χ3n) is 8.81. The van der Waals surface area contributed by atoms with Gasteiger partial charge >= 0.3 is 12.1 Å². The summed E-state index contributed by atoms with van der Waals surface area (Å²) in [5.74, 6) is -2.08. The van der Waals surface area contributed by atoms with Crippen molar-refractivity contribution in [3.8, 4) is 11.1 Å². The number of nitrogens with one attached hydrogen (secondary N) is 2. The maximum Gasteiger partial charge on any atom is 0.416 e. The number of hydrogen-bond acceptors (Lipinski definition) is 5. The molecule has 1 fully saturated rings. The standard InChI is InChI=1S/C35H39F4N5O4/c1-19(2)10-29(44-15-22(8-9-43-16-24(36)17-43)26(13-30(44)45)35(37,38)39)34(48)42-27(14-31(46)47)25-11-23(12-28-33(25)41-18-40-28)32-20(3)6-5-7-21(32)4/h5-7,11-13,15,18-19,24,27,29H,8-10,14,16-17H2,1-4H3,(H,40,41)(H,42,48)(H,46,47)/t27-,29-/m0/s1. The number of aliphatic carboxylic acids is 1. The molecule has 1 saturated heterocycles. The molecule has 0 radical (unpaired) electrons. The summed E-state index contributed by atoms with van der Waals surface area (Å²) in [5.41, 5.74) is 2.92. The zero-order valence-corrected chi connectivity index (χ0v) is 27.2. The van der Waals surface area contributed by atoms with Gasteiger partial charge in [-0.1, -0.05) is 32.0 Å². The molecule has 48 heavy (non-hydrogen) atoms. The highest BCUT2D eigenvalue weighted by Gasteiger charge is 2.36. The number of fused-ring (bicyclic) bond motifs is 1. The topological polar surface area (TPSA) is 120 Å². The van der Waals surface area contributed by atoms with Crippen LogP contribution < -0.4 is 10.9 Å². The molecule has 3 N–H and O–H groups in total. The summed E-state index contributed by atoms with van der Waals surface area (Å²) in [6.07, 6.45) is -3.83. The summed E-state index contributed by atoms with van der Waals surface area (Å²) < 4.78 is 56.5. The maximum atomic E-state index is 14.1. The first-order valence-corrected chi connectivity index (χ1v) is 15.9. The summed E-state index contributed by atoms with van der Waals surface area (Å²) in [5, 5.41) is 12.7. The molecule has 0 aliphatic carbocycles. The van der Waals surface area contributed by atoms with Crippen molar-refractivity contribution in [2.45, 2.75) is 71.4 Å². The lowest BCUT2D eigenvalue weighted by molar-refractivity contribution is -0.139. The predicted molar refractivity (Wildman–Crippen MR) is 173 cm³/mol. The van der Waals surface area contributed by atoms with E-state index >= 15 is 0 Å². The van der Waals surface area contributed by atoms with Crippen LogP contribution in [-0.2, 0) is 22.2 Å². The van der Waals surface area contributed by atoms with E-state index in [1.807, 2.05) is 52.0 Å². The minimum atomic E-state index is -4.82. The average Bonchev–Trinajstić information content (AvgIpc) is 3.45.